The summed E-state index contributed by atoms with van der Waals surface area (Å²) < 4.78 is 4.71. The van der Waals surface area contributed by atoms with Gasteiger partial charge in [-0.05, 0) is 24.3 Å². The number of rotatable bonds is 2. The lowest BCUT2D eigenvalue weighted by Crippen LogP contribution is -2.05. The summed E-state index contributed by atoms with van der Waals surface area (Å²) in [6.07, 6.45) is 1.36. The minimum Gasteiger partial charge on any atom is -0.430 e. The number of nitrogens with one attached hydrogen (secondary N) is 1. The fraction of sp³-hybridized carbons (Fsp3) is 0. The van der Waals surface area contributed by atoms with Crippen LogP contribution in [-0.4, -0.2) is 0 Å². The lowest BCUT2D eigenvalue weighted by atomic mass is 10.3. The molecule has 0 spiro atoms. The molecule has 0 unspecified atom stereocenters. The van der Waals surface area contributed by atoms with Gasteiger partial charge in [0.05, 0.1) is 6.26 Å². The van der Waals surface area contributed by atoms with E-state index in [9.17, 15) is 4.79 Å². The Kier molecular flexibility index (Phi) is 2.32. The predicted molar refractivity (Wildman–Crippen MR) is 54.7 cm³/mol. The second kappa shape index (κ2) is 3.79. The van der Waals surface area contributed by atoms with Crippen LogP contribution in [0.1, 0.15) is 0 Å². The first-order valence-corrected chi connectivity index (χ1v) is 4.26. The first kappa shape index (κ1) is 8.56. The maximum absolute atomic E-state index is 11.2. The van der Waals surface area contributed by atoms with Crippen LogP contribution < -0.4 is 10.9 Å². The largest absolute Gasteiger partial charge is 0.430 e. The molecule has 1 N–H and O–H groups in total. The van der Waals surface area contributed by atoms with E-state index in [-0.39, 0.29) is 5.63 Å². The molecule has 0 bridgehead atoms. The van der Waals surface area contributed by atoms with Gasteiger partial charge in [-0.3, -0.25) is 0 Å². The SMILES string of the molecule is O=c1occcc1Nc1ccccc1. The Bertz CT molecular complexity index is 462. The third-order valence-electron chi connectivity index (χ3n) is 1.79. The molecular weight excluding hydrogens is 178 g/mol. The second-order valence-electron chi connectivity index (χ2n) is 2.81. The van der Waals surface area contributed by atoms with Gasteiger partial charge in [-0.15, -0.1) is 0 Å². The minimum atomic E-state index is -0.364. The van der Waals surface area contributed by atoms with Gasteiger partial charge in [-0.1, -0.05) is 18.2 Å². The molecule has 0 amide bonds. The Morgan fingerprint density at radius 3 is 2.50 bits per heavy atom. The smallest absolute Gasteiger partial charge is 0.359 e. The van der Waals surface area contributed by atoms with Crippen molar-refractivity contribution in [1.29, 1.82) is 0 Å². The molecule has 1 aromatic carbocycles. The molecule has 0 atom stereocenters. The van der Waals surface area contributed by atoms with Crippen molar-refractivity contribution in [2.24, 2.45) is 0 Å². The molecule has 0 radical (unpaired) electrons. The van der Waals surface area contributed by atoms with Crippen molar-refractivity contribution in [1.82, 2.24) is 0 Å². The van der Waals surface area contributed by atoms with E-state index in [1.54, 1.807) is 12.1 Å². The van der Waals surface area contributed by atoms with Crippen LogP contribution in [0.3, 0.4) is 0 Å². The van der Waals surface area contributed by atoms with Crippen LogP contribution in [-0.2, 0) is 0 Å². The predicted octanol–water partition coefficient (Wildman–Crippen LogP) is 2.38. The zero-order chi connectivity index (χ0) is 9.80. The molecule has 0 saturated heterocycles. The molecule has 3 nitrogen and oxygen atoms in total. The third-order valence-corrected chi connectivity index (χ3v) is 1.79. The van der Waals surface area contributed by atoms with Gasteiger partial charge in [-0.2, -0.15) is 0 Å². The average Bonchev–Trinajstić information content (AvgIpc) is 2.23. The number of benzene rings is 1. The molecule has 1 heterocycles. The van der Waals surface area contributed by atoms with Crippen molar-refractivity contribution in [3.8, 4) is 0 Å². The fourth-order valence-corrected chi connectivity index (χ4v) is 1.14. The second-order valence-corrected chi connectivity index (χ2v) is 2.81. The molecule has 3 heteroatoms. The topological polar surface area (TPSA) is 42.2 Å². The highest BCUT2D eigenvalue weighted by atomic mass is 16.4. The number of anilines is 2. The third kappa shape index (κ3) is 1.82. The van der Waals surface area contributed by atoms with E-state index in [4.69, 9.17) is 4.42 Å². The lowest BCUT2D eigenvalue weighted by molar-refractivity contribution is 0.513. The monoisotopic (exact) mass is 187 g/mol. The van der Waals surface area contributed by atoms with Crippen LogP contribution in [0, 0.1) is 0 Å². The highest BCUT2D eigenvalue weighted by Gasteiger charge is 1.98. The van der Waals surface area contributed by atoms with E-state index >= 15 is 0 Å². The van der Waals surface area contributed by atoms with Crippen LogP contribution in [0.15, 0.2) is 57.9 Å². The summed E-state index contributed by atoms with van der Waals surface area (Å²) in [6, 6.07) is 12.8. The molecule has 0 aliphatic heterocycles. The Labute approximate surface area is 81.0 Å². The van der Waals surface area contributed by atoms with E-state index < -0.39 is 0 Å². The molecule has 2 aromatic rings. The van der Waals surface area contributed by atoms with Crippen molar-refractivity contribution >= 4 is 11.4 Å². The highest BCUT2D eigenvalue weighted by molar-refractivity contribution is 5.57. The van der Waals surface area contributed by atoms with Crippen molar-refractivity contribution in [2.45, 2.75) is 0 Å². The van der Waals surface area contributed by atoms with Crippen molar-refractivity contribution in [3.63, 3.8) is 0 Å². The van der Waals surface area contributed by atoms with E-state index in [0.717, 1.165) is 5.69 Å². The quantitative estimate of drug-likeness (QED) is 0.784. The average molecular weight is 187 g/mol. The van der Waals surface area contributed by atoms with E-state index in [1.165, 1.54) is 6.26 Å². The first-order chi connectivity index (χ1) is 6.86. The summed E-state index contributed by atoms with van der Waals surface area (Å²) in [5.41, 5.74) is 0.945. The van der Waals surface area contributed by atoms with Gasteiger partial charge in [0.15, 0.2) is 0 Å². The first-order valence-electron chi connectivity index (χ1n) is 4.26. The van der Waals surface area contributed by atoms with Gasteiger partial charge in [0.1, 0.15) is 5.69 Å². The maximum Gasteiger partial charge on any atom is 0.359 e. The van der Waals surface area contributed by atoms with E-state index in [1.807, 2.05) is 30.3 Å². The summed E-state index contributed by atoms with van der Waals surface area (Å²) >= 11 is 0. The summed E-state index contributed by atoms with van der Waals surface area (Å²) in [5.74, 6) is 0. The molecule has 0 aliphatic carbocycles. The molecule has 70 valence electrons. The van der Waals surface area contributed by atoms with Crippen molar-refractivity contribution in [3.05, 3.63) is 59.1 Å². The minimum absolute atomic E-state index is 0.364. The van der Waals surface area contributed by atoms with E-state index in [2.05, 4.69) is 5.32 Å². The maximum atomic E-state index is 11.2. The van der Waals surface area contributed by atoms with Gasteiger partial charge in [-0.25, -0.2) is 4.79 Å². The van der Waals surface area contributed by atoms with Gasteiger partial charge in [0, 0.05) is 5.69 Å². The normalized spacial score (nSPS) is 9.71. The van der Waals surface area contributed by atoms with Gasteiger partial charge in [0.2, 0.25) is 0 Å². The molecule has 0 fully saturated rings. The van der Waals surface area contributed by atoms with Crippen molar-refractivity contribution in [2.75, 3.05) is 5.32 Å². The number of para-hydroxylation sites is 1. The van der Waals surface area contributed by atoms with Gasteiger partial charge in [0.25, 0.3) is 0 Å². The molecule has 0 saturated carbocycles. The molecular formula is C11H9NO2. The Morgan fingerprint density at radius 1 is 1.00 bits per heavy atom. The van der Waals surface area contributed by atoms with Crippen LogP contribution >= 0.6 is 0 Å². The number of hydrogen-bond acceptors (Lipinski definition) is 3. The van der Waals surface area contributed by atoms with Crippen molar-refractivity contribution < 1.29 is 4.42 Å². The Morgan fingerprint density at radius 2 is 1.79 bits per heavy atom. The fourth-order valence-electron chi connectivity index (χ4n) is 1.14. The van der Waals surface area contributed by atoms with Crippen LogP contribution in [0.2, 0.25) is 0 Å². The van der Waals surface area contributed by atoms with Crippen LogP contribution in [0.5, 0.6) is 0 Å². The van der Waals surface area contributed by atoms with Crippen LogP contribution in [0.25, 0.3) is 0 Å². The summed E-state index contributed by atoms with van der Waals surface area (Å²) in [6.45, 7) is 0. The Hall–Kier alpha value is -2.03. The molecule has 0 aliphatic rings. The zero-order valence-electron chi connectivity index (χ0n) is 7.44. The Balaban J connectivity index is 2.28. The lowest BCUT2D eigenvalue weighted by Gasteiger charge is -2.02. The van der Waals surface area contributed by atoms with E-state index in [0.29, 0.717) is 5.69 Å². The van der Waals surface area contributed by atoms with Gasteiger partial charge >= 0.3 is 5.63 Å². The highest BCUT2D eigenvalue weighted by Crippen LogP contribution is 2.11. The summed E-state index contributed by atoms with van der Waals surface area (Å²) in [5, 5.41) is 2.97. The molecule has 2 rings (SSSR count). The molecule has 1 aromatic heterocycles. The summed E-state index contributed by atoms with van der Waals surface area (Å²) in [4.78, 5) is 11.2. The number of hydrogen-bond donors (Lipinski definition) is 1. The van der Waals surface area contributed by atoms with Gasteiger partial charge < -0.3 is 9.73 Å². The zero-order valence-corrected chi connectivity index (χ0v) is 7.44. The summed E-state index contributed by atoms with van der Waals surface area (Å²) in [7, 11) is 0. The molecule has 14 heavy (non-hydrogen) atoms. The van der Waals surface area contributed by atoms with Crippen LogP contribution in [0.4, 0.5) is 11.4 Å². The standard InChI is InChI=1S/C11H9NO2/c13-11-10(7-4-8-14-11)12-9-5-2-1-3-6-9/h1-8,12H.